The van der Waals surface area contributed by atoms with Gasteiger partial charge in [0.2, 0.25) is 17.4 Å². The lowest BCUT2D eigenvalue weighted by atomic mass is 9.98. The summed E-state index contributed by atoms with van der Waals surface area (Å²) in [4.78, 5) is 4.78. The Labute approximate surface area is 211 Å². The molecule has 0 aliphatic heterocycles. The number of nitrogens with zero attached hydrogens (tertiary/aromatic N) is 6. The van der Waals surface area contributed by atoms with Crippen molar-refractivity contribution in [3.8, 4) is 11.4 Å². The summed E-state index contributed by atoms with van der Waals surface area (Å²) < 4.78 is 13.4. The van der Waals surface area contributed by atoms with Crippen LogP contribution in [0.2, 0.25) is 0 Å². The second kappa shape index (κ2) is 11.8. The molecule has 0 saturated carbocycles. The number of benzene rings is 2. The molecule has 36 heavy (non-hydrogen) atoms. The van der Waals surface area contributed by atoms with Crippen LogP contribution in [-0.4, -0.2) is 49.6 Å². The monoisotopic (exact) mass is 487 g/mol. The van der Waals surface area contributed by atoms with Crippen LogP contribution in [0.15, 0.2) is 54.6 Å². The first-order valence-electron chi connectivity index (χ1n) is 12.2. The number of hydrogen-bond donors (Lipinski definition) is 1. The number of ether oxygens (including phenoxy) is 2. The number of tetrazole rings is 1. The SMILES string of the molecule is CCC=Cc1nc(C(CCC)(OC)OC)nn1Cc1ccc(Cc2ccccc2-c2nn[nH]n2)cc1. The van der Waals surface area contributed by atoms with Gasteiger partial charge >= 0.3 is 0 Å². The molecule has 0 bridgehead atoms. The summed E-state index contributed by atoms with van der Waals surface area (Å²) in [5.41, 5.74) is 4.44. The molecule has 0 saturated heterocycles. The zero-order valence-electron chi connectivity index (χ0n) is 21.3. The Morgan fingerprint density at radius 1 is 1.00 bits per heavy atom. The van der Waals surface area contributed by atoms with Crippen LogP contribution >= 0.6 is 0 Å². The molecule has 0 amide bonds. The minimum Gasteiger partial charge on any atom is -0.347 e. The lowest BCUT2D eigenvalue weighted by Gasteiger charge is -2.27. The van der Waals surface area contributed by atoms with Crippen LogP contribution in [0.4, 0.5) is 0 Å². The summed E-state index contributed by atoms with van der Waals surface area (Å²) in [6, 6.07) is 16.7. The molecule has 0 aliphatic rings. The highest BCUT2D eigenvalue weighted by Crippen LogP contribution is 2.29. The zero-order chi connectivity index (χ0) is 25.4. The van der Waals surface area contributed by atoms with E-state index in [2.05, 4.69) is 70.9 Å². The molecule has 0 unspecified atom stereocenters. The highest BCUT2D eigenvalue weighted by atomic mass is 16.7. The van der Waals surface area contributed by atoms with Crippen LogP contribution in [0.3, 0.4) is 0 Å². The molecule has 188 valence electrons. The Bertz CT molecular complexity index is 1260. The minimum absolute atomic E-state index is 0.541. The van der Waals surface area contributed by atoms with Gasteiger partial charge in [-0.2, -0.15) is 5.21 Å². The van der Waals surface area contributed by atoms with Crippen LogP contribution in [0, 0.1) is 0 Å². The van der Waals surface area contributed by atoms with Crippen molar-refractivity contribution in [3.05, 3.63) is 82.9 Å². The molecule has 9 nitrogen and oxygen atoms in total. The number of aromatic amines is 1. The Hall–Kier alpha value is -3.69. The molecule has 0 atom stereocenters. The van der Waals surface area contributed by atoms with Gasteiger partial charge in [-0.25, -0.2) is 9.67 Å². The van der Waals surface area contributed by atoms with Crippen molar-refractivity contribution in [2.75, 3.05) is 14.2 Å². The number of H-pyrrole nitrogens is 1. The van der Waals surface area contributed by atoms with Gasteiger partial charge in [-0.05, 0) is 40.8 Å². The molecule has 2 heterocycles. The maximum atomic E-state index is 5.75. The van der Waals surface area contributed by atoms with E-state index >= 15 is 0 Å². The fraction of sp³-hybridized carbons (Fsp3) is 0.370. The van der Waals surface area contributed by atoms with E-state index in [0.717, 1.165) is 41.8 Å². The number of aromatic nitrogens is 7. The minimum atomic E-state index is -0.954. The lowest BCUT2D eigenvalue weighted by Crippen LogP contribution is -2.32. The lowest BCUT2D eigenvalue weighted by molar-refractivity contribution is -0.225. The summed E-state index contributed by atoms with van der Waals surface area (Å²) >= 11 is 0. The Morgan fingerprint density at radius 3 is 2.42 bits per heavy atom. The first kappa shape index (κ1) is 25.4. The van der Waals surface area contributed by atoms with Gasteiger partial charge in [0.15, 0.2) is 5.82 Å². The first-order chi connectivity index (χ1) is 17.6. The fourth-order valence-corrected chi connectivity index (χ4v) is 4.21. The fourth-order valence-electron chi connectivity index (χ4n) is 4.21. The van der Waals surface area contributed by atoms with Crippen molar-refractivity contribution in [1.82, 2.24) is 35.4 Å². The van der Waals surface area contributed by atoms with Crippen LogP contribution in [0.25, 0.3) is 17.5 Å². The summed E-state index contributed by atoms with van der Waals surface area (Å²) in [6.45, 7) is 4.77. The zero-order valence-corrected chi connectivity index (χ0v) is 21.3. The van der Waals surface area contributed by atoms with E-state index in [1.54, 1.807) is 14.2 Å². The Morgan fingerprint density at radius 2 is 1.75 bits per heavy atom. The third kappa shape index (κ3) is 5.58. The van der Waals surface area contributed by atoms with Gasteiger partial charge in [0, 0.05) is 26.2 Å². The molecule has 0 spiro atoms. The first-order valence-corrected chi connectivity index (χ1v) is 12.2. The Balaban J connectivity index is 1.56. The average molecular weight is 488 g/mol. The normalized spacial score (nSPS) is 12.0. The van der Waals surface area contributed by atoms with E-state index in [4.69, 9.17) is 19.6 Å². The molecule has 4 rings (SSSR count). The molecule has 4 aromatic rings. The molecule has 2 aromatic heterocycles. The number of rotatable bonds is 12. The predicted octanol–water partition coefficient (Wildman–Crippen LogP) is 4.77. The summed E-state index contributed by atoms with van der Waals surface area (Å²) in [5.74, 6) is 0.965. The van der Waals surface area contributed by atoms with Crippen molar-refractivity contribution >= 4 is 6.08 Å². The van der Waals surface area contributed by atoms with Gasteiger partial charge in [0.1, 0.15) is 0 Å². The maximum Gasteiger partial charge on any atom is 0.231 e. The third-order valence-electron chi connectivity index (χ3n) is 6.14. The maximum absolute atomic E-state index is 5.75. The summed E-state index contributed by atoms with van der Waals surface area (Å²) in [6.07, 6.45) is 7.31. The molecule has 0 aliphatic carbocycles. The summed E-state index contributed by atoms with van der Waals surface area (Å²) in [7, 11) is 3.27. The largest absolute Gasteiger partial charge is 0.347 e. The van der Waals surface area contributed by atoms with Gasteiger partial charge < -0.3 is 9.47 Å². The van der Waals surface area contributed by atoms with Crippen molar-refractivity contribution < 1.29 is 9.47 Å². The van der Waals surface area contributed by atoms with Gasteiger partial charge in [0.25, 0.3) is 0 Å². The molecular weight excluding hydrogens is 454 g/mol. The van der Waals surface area contributed by atoms with Crippen LogP contribution in [0.5, 0.6) is 0 Å². The van der Waals surface area contributed by atoms with E-state index < -0.39 is 5.79 Å². The average Bonchev–Trinajstić information content (AvgIpc) is 3.58. The Kier molecular flexibility index (Phi) is 8.35. The van der Waals surface area contributed by atoms with Crippen LogP contribution < -0.4 is 0 Å². The molecule has 1 N–H and O–H groups in total. The van der Waals surface area contributed by atoms with E-state index in [1.165, 1.54) is 5.56 Å². The van der Waals surface area contributed by atoms with Gasteiger partial charge in [-0.3, -0.25) is 0 Å². The van der Waals surface area contributed by atoms with E-state index in [0.29, 0.717) is 24.6 Å². The number of methoxy groups -OCH3 is 2. The van der Waals surface area contributed by atoms with Gasteiger partial charge in [-0.1, -0.05) is 74.9 Å². The standard InChI is InChI=1S/C27H33N7O2/c1-5-7-12-24-28-26(27(35-3,36-4)17-6-2)31-34(24)19-21-15-13-20(14-16-21)18-22-10-8-9-11-23(22)25-29-32-33-30-25/h7-16H,5-6,17-19H2,1-4H3,(H,29,30,32,33). The van der Waals surface area contributed by atoms with Gasteiger partial charge in [0.05, 0.1) is 6.54 Å². The van der Waals surface area contributed by atoms with E-state index in [-0.39, 0.29) is 0 Å². The van der Waals surface area contributed by atoms with Crippen LogP contribution in [-0.2, 0) is 28.2 Å². The number of hydrogen-bond acceptors (Lipinski definition) is 7. The molecule has 0 radical (unpaired) electrons. The third-order valence-corrected chi connectivity index (χ3v) is 6.14. The van der Waals surface area contributed by atoms with Crippen molar-refractivity contribution in [3.63, 3.8) is 0 Å². The molecule has 2 aromatic carbocycles. The predicted molar refractivity (Wildman–Crippen MR) is 138 cm³/mol. The highest BCUT2D eigenvalue weighted by molar-refractivity contribution is 5.60. The van der Waals surface area contributed by atoms with Crippen molar-refractivity contribution in [1.29, 1.82) is 0 Å². The molecule has 9 heteroatoms. The number of nitrogens with one attached hydrogen (secondary N) is 1. The van der Waals surface area contributed by atoms with E-state index in [9.17, 15) is 0 Å². The topological polar surface area (TPSA) is 104 Å². The smallest absolute Gasteiger partial charge is 0.231 e. The van der Waals surface area contributed by atoms with Crippen LogP contribution in [0.1, 0.15) is 61.4 Å². The summed E-state index contributed by atoms with van der Waals surface area (Å²) in [5, 5.41) is 19.3. The van der Waals surface area contributed by atoms with Crippen molar-refractivity contribution in [2.24, 2.45) is 0 Å². The van der Waals surface area contributed by atoms with Crippen molar-refractivity contribution in [2.45, 2.75) is 51.9 Å². The second-order valence-electron chi connectivity index (χ2n) is 8.56. The highest BCUT2D eigenvalue weighted by Gasteiger charge is 2.36. The quantitative estimate of drug-likeness (QED) is 0.287. The van der Waals surface area contributed by atoms with E-state index in [1.807, 2.05) is 29.0 Å². The molecular formula is C27H33N7O2. The van der Waals surface area contributed by atoms with Gasteiger partial charge in [-0.15, -0.1) is 15.3 Å². The molecule has 0 fully saturated rings. The second-order valence-corrected chi connectivity index (χ2v) is 8.56. The number of allylic oxidation sites excluding steroid dienone is 1.